The number of methoxy groups -OCH3 is 1. The molecule has 3 aromatic rings. The van der Waals surface area contributed by atoms with Gasteiger partial charge in [0.25, 0.3) is 0 Å². The van der Waals surface area contributed by atoms with E-state index >= 15 is 0 Å². The standard InChI is InChI=1S/C17H14F3N3O3S/c1-25-14-6-4-3-5-13(14)23-27(2,24)12-9-7-11(8-10-12)15-21-16(26-22-15)17(18,19)20/h3-10H,1-2H3. The van der Waals surface area contributed by atoms with Crippen LogP contribution in [-0.2, 0) is 15.9 Å². The van der Waals surface area contributed by atoms with Gasteiger partial charge in [-0.05, 0) is 36.4 Å². The van der Waals surface area contributed by atoms with Gasteiger partial charge in [-0.25, -0.2) is 4.21 Å². The highest BCUT2D eigenvalue weighted by atomic mass is 32.2. The number of hydrogen-bond acceptors (Lipinski definition) is 6. The maximum atomic E-state index is 13.0. The van der Waals surface area contributed by atoms with Gasteiger partial charge in [0, 0.05) is 16.7 Å². The van der Waals surface area contributed by atoms with Crippen molar-refractivity contribution < 1.29 is 26.6 Å². The van der Waals surface area contributed by atoms with Crippen LogP contribution in [0.4, 0.5) is 18.9 Å². The Bertz CT molecular complexity index is 1070. The molecule has 0 spiro atoms. The second-order valence-corrected chi connectivity index (χ2v) is 7.77. The van der Waals surface area contributed by atoms with Gasteiger partial charge in [-0.15, -0.1) is 0 Å². The predicted molar refractivity (Wildman–Crippen MR) is 92.2 cm³/mol. The first-order chi connectivity index (χ1) is 12.7. The van der Waals surface area contributed by atoms with Crippen LogP contribution in [0.25, 0.3) is 11.4 Å². The van der Waals surface area contributed by atoms with Gasteiger partial charge in [0.05, 0.1) is 16.8 Å². The Morgan fingerprint density at radius 1 is 1.11 bits per heavy atom. The molecule has 0 aliphatic carbocycles. The molecule has 10 heteroatoms. The van der Waals surface area contributed by atoms with E-state index in [1.165, 1.54) is 37.6 Å². The number of benzene rings is 2. The summed E-state index contributed by atoms with van der Waals surface area (Å²) in [5.41, 5.74) is 0.732. The molecule has 0 N–H and O–H groups in total. The summed E-state index contributed by atoms with van der Waals surface area (Å²) in [5, 5.41) is 3.32. The van der Waals surface area contributed by atoms with Crippen LogP contribution in [0.2, 0.25) is 0 Å². The van der Waals surface area contributed by atoms with Crippen LogP contribution in [0, 0.1) is 0 Å². The zero-order valence-corrected chi connectivity index (χ0v) is 15.0. The molecule has 2 aromatic carbocycles. The van der Waals surface area contributed by atoms with Crippen LogP contribution < -0.4 is 4.74 Å². The summed E-state index contributed by atoms with van der Waals surface area (Å²) < 4.78 is 64.3. The van der Waals surface area contributed by atoms with E-state index in [0.29, 0.717) is 21.9 Å². The van der Waals surface area contributed by atoms with Crippen molar-refractivity contribution >= 4 is 15.4 Å². The van der Waals surface area contributed by atoms with Crippen LogP contribution in [0.3, 0.4) is 0 Å². The van der Waals surface area contributed by atoms with E-state index in [1.807, 2.05) is 0 Å². The average Bonchev–Trinajstić information content (AvgIpc) is 3.12. The number of rotatable bonds is 4. The van der Waals surface area contributed by atoms with Crippen molar-refractivity contribution in [2.24, 2.45) is 4.36 Å². The third-order valence-corrected chi connectivity index (χ3v) is 5.27. The van der Waals surface area contributed by atoms with E-state index in [1.54, 1.807) is 24.3 Å². The smallest absolute Gasteiger partial charge is 0.471 e. The van der Waals surface area contributed by atoms with Gasteiger partial charge < -0.3 is 9.26 Å². The van der Waals surface area contributed by atoms with E-state index in [4.69, 9.17) is 4.74 Å². The quantitative estimate of drug-likeness (QED) is 0.645. The van der Waals surface area contributed by atoms with Gasteiger partial charge in [0.15, 0.2) is 0 Å². The summed E-state index contributed by atoms with van der Waals surface area (Å²) in [5.74, 6) is -1.15. The van der Waals surface area contributed by atoms with Crippen molar-refractivity contribution in [1.82, 2.24) is 10.1 Å². The average molecular weight is 397 g/mol. The van der Waals surface area contributed by atoms with Gasteiger partial charge in [0.1, 0.15) is 11.4 Å². The van der Waals surface area contributed by atoms with Gasteiger partial charge in [-0.1, -0.05) is 17.3 Å². The number of aromatic nitrogens is 2. The fraction of sp³-hybridized carbons (Fsp3) is 0.176. The Balaban J connectivity index is 1.93. The van der Waals surface area contributed by atoms with Gasteiger partial charge >= 0.3 is 12.1 Å². The molecule has 1 heterocycles. The highest BCUT2D eigenvalue weighted by Gasteiger charge is 2.38. The van der Waals surface area contributed by atoms with Crippen molar-refractivity contribution in [3.8, 4) is 17.1 Å². The van der Waals surface area contributed by atoms with Gasteiger partial charge in [0.2, 0.25) is 5.82 Å². The molecule has 1 atom stereocenters. The highest BCUT2D eigenvalue weighted by molar-refractivity contribution is 7.93. The predicted octanol–water partition coefficient (Wildman–Crippen LogP) is 4.55. The third-order valence-electron chi connectivity index (χ3n) is 3.58. The van der Waals surface area contributed by atoms with E-state index in [2.05, 4.69) is 19.0 Å². The highest BCUT2D eigenvalue weighted by Crippen LogP contribution is 2.31. The van der Waals surface area contributed by atoms with Crippen molar-refractivity contribution in [3.05, 3.63) is 54.4 Å². The van der Waals surface area contributed by atoms with Gasteiger partial charge in [-0.2, -0.15) is 22.5 Å². The maximum absolute atomic E-state index is 13.0. The van der Waals surface area contributed by atoms with Crippen molar-refractivity contribution in [3.63, 3.8) is 0 Å². The Morgan fingerprint density at radius 2 is 1.78 bits per heavy atom. The summed E-state index contributed by atoms with van der Waals surface area (Å²) in [4.78, 5) is 3.72. The first-order valence-electron chi connectivity index (χ1n) is 7.57. The lowest BCUT2D eigenvalue weighted by Gasteiger charge is -2.08. The molecule has 0 aliphatic rings. The third kappa shape index (κ3) is 4.11. The summed E-state index contributed by atoms with van der Waals surface area (Å²) in [6, 6.07) is 12.8. The first-order valence-corrected chi connectivity index (χ1v) is 9.49. The minimum Gasteiger partial charge on any atom is -0.494 e. The van der Waals surface area contributed by atoms with E-state index in [0.717, 1.165) is 0 Å². The summed E-state index contributed by atoms with van der Waals surface area (Å²) in [6.07, 6.45) is -3.25. The lowest BCUT2D eigenvalue weighted by molar-refractivity contribution is -0.159. The summed E-state index contributed by atoms with van der Waals surface area (Å²) in [6.45, 7) is 0. The van der Waals surface area contributed by atoms with Crippen molar-refractivity contribution in [1.29, 1.82) is 0 Å². The summed E-state index contributed by atoms with van der Waals surface area (Å²) >= 11 is 0. The first kappa shape index (κ1) is 18.9. The summed E-state index contributed by atoms with van der Waals surface area (Å²) in [7, 11) is -1.33. The number of para-hydroxylation sites is 1. The maximum Gasteiger partial charge on any atom is 0.471 e. The van der Waals surface area contributed by atoms with Crippen molar-refractivity contribution in [2.45, 2.75) is 11.1 Å². The minimum absolute atomic E-state index is 0.210. The Kier molecular flexibility index (Phi) is 4.92. The monoisotopic (exact) mass is 397 g/mol. The van der Waals surface area contributed by atoms with E-state index < -0.39 is 21.8 Å². The van der Waals surface area contributed by atoms with Gasteiger partial charge in [-0.3, -0.25) is 0 Å². The van der Waals surface area contributed by atoms with Crippen LogP contribution >= 0.6 is 0 Å². The lowest BCUT2D eigenvalue weighted by Crippen LogP contribution is -2.04. The molecule has 0 saturated heterocycles. The molecule has 6 nitrogen and oxygen atoms in total. The zero-order chi connectivity index (χ0) is 19.7. The van der Waals surface area contributed by atoms with E-state index in [-0.39, 0.29) is 5.82 Å². The van der Waals surface area contributed by atoms with Crippen molar-refractivity contribution in [2.75, 3.05) is 13.4 Å². The number of nitrogens with zero attached hydrogens (tertiary/aromatic N) is 3. The van der Waals surface area contributed by atoms with Crippen LogP contribution in [0.15, 0.2) is 62.3 Å². The Morgan fingerprint density at radius 3 is 2.37 bits per heavy atom. The Labute approximate surface area is 153 Å². The molecule has 0 aliphatic heterocycles. The molecular formula is C17H14F3N3O3S. The molecule has 0 fully saturated rings. The number of halogens is 3. The largest absolute Gasteiger partial charge is 0.494 e. The molecular weight excluding hydrogens is 383 g/mol. The van der Waals surface area contributed by atoms with E-state index in [9.17, 15) is 17.4 Å². The normalized spacial score (nSPS) is 13.8. The molecule has 3 rings (SSSR count). The van der Waals surface area contributed by atoms with Crippen LogP contribution in [0.5, 0.6) is 5.75 Å². The molecule has 0 bridgehead atoms. The topological polar surface area (TPSA) is 77.6 Å². The minimum atomic E-state index is -4.71. The molecule has 0 saturated carbocycles. The number of hydrogen-bond donors (Lipinski definition) is 0. The lowest BCUT2D eigenvalue weighted by atomic mass is 10.2. The second kappa shape index (κ2) is 7.03. The molecule has 1 aromatic heterocycles. The number of alkyl halides is 3. The SMILES string of the molecule is COc1ccccc1N=S(C)(=O)c1ccc(-c2noc(C(F)(F)F)n2)cc1. The second-order valence-electron chi connectivity index (χ2n) is 5.51. The molecule has 1 unspecified atom stereocenters. The Hall–Kier alpha value is -2.88. The van der Waals surface area contributed by atoms with Crippen LogP contribution in [-0.4, -0.2) is 27.7 Å². The van der Waals surface area contributed by atoms with Crippen LogP contribution in [0.1, 0.15) is 5.89 Å². The molecule has 0 amide bonds. The molecule has 142 valence electrons. The molecule has 0 radical (unpaired) electrons. The molecule has 27 heavy (non-hydrogen) atoms. The number of ether oxygens (including phenoxy) is 1. The zero-order valence-electron chi connectivity index (χ0n) is 14.2. The fourth-order valence-corrected chi connectivity index (χ4v) is 3.53. The fourth-order valence-electron chi connectivity index (χ4n) is 2.26.